The van der Waals surface area contributed by atoms with Crippen LogP contribution in [0.2, 0.25) is 0 Å². The number of nitrogens with one attached hydrogen (secondary N) is 1. The van der Waals surface area contributed by atoms with Gasteiger partial charge in [0.25, 0.3) is 5.56 Å². The fourth-order valence-corrected chi connectivity index (χ4v) is 4.82. The Morgan fingerprint density at radius 2 is 2.07 bits per heavy atom. The van der Waals surface area contributed by atoms with E-state index < -0.39 is 5.25 Å². The van der Waals surface area contributed by atoms with Crippen LogP contribution >= 0.6 is 23.1 Å². The third-order valence-corrected chi connectivity index (χ3v) is 6.54. The molecule has 0 aliphatic heterocycles. The van der Waals surface area contributed by atoms with Crippen LogP contribution in [0.3, 0.4) is 0 Å². The maximum Gasteiger partial charge on any atom is 0.263 e. The molecule has 8 heteroatoms. The van der Waals surface area contributed by atoms with Crippen molar-refractivity contribution >= 4 is 39.2 Å². The van der Waals surface area contributed by atoms with E-state index in [2.05, 4.69) is 10.3 Å². The van der Waals surface area contributed by atoms with Crippen LogP contribution in [-0.4, -0.2) is 20.7 Å². The van der Waals surface area contributed by atoms with Crippen LogP contribution < -0.4 is 10.9 Å². The van der Waals surface area contributed by atoms with Gasteiger partial charge in [0, 0.05) is 18.0 Å². The summed E-state index contributed by atoms with van der Waals surface area (Å²) in [6.45, 7) is 2.12. The molecule has 6 nitrogen and oxygen atoms in total. The molecule has 1 unspecified atom stereocenters. The number of thiophene rings is 1. The van der Waals surface area contributed by atoms with E-state index in [-0.39, 0.29) is 11.5 Å². The SMILES string of the molecule is CC(Sc1nc2scc(-c3ccccc3)c2c(=O)n1C)C(=O)NCc1ccco1. The summed E-state index contributed by atoms with van der Waals surface area (Å²) in [6.07, 6.45) is 1.57. The Morgan fingerprint density at radius 1 is 1.28 bits per heavy atom. The van der Waals surface area contributed by atoms with Crippen LogP contribution in [0.5, 0.6) is 0 Å². The molecular formula is C21H19N3O3S2. The average molecular weight is 426 g/mol. The lowest BCUT2D eigenvalue weighted by Crippen LogP contribution is -2.31. The zero-order valence-electron chi connectivity index (χ0n) is 15.9. The lowest BCUT2D eigenvalue weighted by atomic mass is 10.1. The molecule has 0 saturated carbocycles. The molecule has 3 heterocycles. The van der Waals surface area contributed by atoms with Crippen molar-refractivity contribution in [3.63, 3.8) is 0 Å². The van der Waals surface area contributed by atoms with Gasteiger partial charge in [0.15, 0.2) is 5.16 Å². The van der Waals surface area contributed by atoms with E-state index in [4.69, 9.17) is 4.42 Å². The number of fused-ring (bicyclic) bond motifs is 1. The molecule has 0 aliphatic carbocycles. The molecule has 1 N–H and O–H groups in total. The lowest BCUT2D eigenvalue weighted by Gasteiger charge is -2.13. The first-order valence-corrected chi connectivity index (χ1v) is 10.8. The Bertz CT molecular complexity index is 1200. The number of nitrogens with zero attached hydrogens (tertiary/aromatic N) is 2. The summed E-state index contributed by atoms with van der Waals surface area (Å²) < 4.78 is 6.74. The summed E-state index contributed by atoms with van der Waals surface area (Å²) in [6, 6.07) is 13.4. The van der Waals surface area contributed by atoms with Crippen LogP contribution in [0, 0.1) is 0 Å². The van der Waals surface area contributed by atoms with Crippen LogP contribution in [0.1, 0.15) is 12.7 Å². The van der Waals surface area contributed by atoms with E-state index in [1.165, 1.54) is 27.7 Å². The number of thioether (sulfide) groups is 1. The minimum Gasteiger partial charge on any atom is -0.467 e. The van der Waals surface area contributed by atoms with E-state index in [1.807, 2.05) is 35.7 Å². The van der Waals surface area contributed by atoms with Crippen molar-refractivity contribution in [1.29, 1.82) is 0 Å². The van der Waals surface area contributed by atoms with Crippen LogP contribution in [-0.2, 0) is 18.4 Å². The molecule has 148 valence electrons. The van der Waals surface area contributed by atoms with Crippen molar-refractivity contribution in [3.05, 3.63) is 70.2 Å². The Morgan fingerprint density at radius 3 is 2.79 bits per heavy atom. The highest BCUT2D eigenvalue weighted by Crippen LogP contribution is 2.32. The maximum absolute atomic E-state index is 13.0. The van der Waals surface area contributed by atoms with E-state index in [1.54, 1.807) is 32.4 Å². The highest BCUT2D eigenvalue weighted by Gasteiger charge is 2.20. The summed E-state index contributed by atoms with van der Waals surface area (Å²) in [5.41, 5.74) is 1.77. The minimum absolute atomic E-state index is 0.110. The molecular weight excluding hydrogens is 406 g/mol. The van der Waals surface area contributed by atoms with Gasteiger partial charge in [-0.1, -0.05) is 42.1 Å². The van der Waals surface area contributed by atoms with Crippen LogP contribution in [0.4, 0.5) is 0 Å². The predicted molar refractivity (Wildman–Crippen MR) is 116 cm³/mol. The molecule has 29 heavy (non-hydrogen) atoms. The summed E-state index contributed by atoms with van der Waals surface area (Å²) in [5, 5.41) is 5.52. The molecule has 0 saturated heterocycles. The Kier molecular flexibility index (Phi) is 5.55. The topological polar surface area (TPSA) is 77.1 Å². The number of benzene rings is 1. The van der Waals surface area contributed by atoms with Crippen LogP contribution in [0.25, 0.3) is 21.3 Å². The third kappa shape index (κ3) is 3.99. The molecule has 4 rings (SSSR count). The van der Waals surface area contributed by atoms with Gasteiger partial charge >= 0.3 is 0 Å². The molecule has 1 amide bonds. The van der Waals surface area contributed by atoms with Crippen molar-refractivity contribution in [2.24, 2.45) is 7.05 Å². The standard InChI is InChI=1S/C21H19N3O3S2/c1-13(18(25)22-11-15-9-6-10-27-15)29-21-23-19-17(20(26)24(21)2)16(12-28-19)14-7-4-3-5-8-14/h3-10,12-13H,11H2,1-2H3,(H,22,25). The number of carbonyl (C=O) groups is 1. The Labute approximate surface area is 175 Å². The van der Waals surface area contributed by atoms with Gasteiger partial charge in [-0.3, -0.25) is 14.2 Å². The zero-order chi connectivity index (χ0) is 20.4. The molecule has 1 atom stereocenters. The van der Waals surface area contributed by atoms with E-state index >= 15 is 0 Å². The molecule has 0 radical (unpaired) electrons. The van der Waals surface area contributed by atoms with E-state index in [9.17, 15) is 9.59 Å². The average Bonchev–Trinajstić information content (AvgIpc) is 3.40. The second-order valence-corrected chi connectivity index (χ2v) is 8.68. The highest BCUT2D eigenvalue weighted by atomic mass is 32.2. The molecule has 4 aromatic rings. The fourth-order valence-electron chi connectivity index (χ4n) is 2.93. The van der Waals surface area contributed by atoms with Crippen molar-refractivity contribution in [2.75, 3.05) is 0 Å². The quantitative estimate of drug-likeness (QED) is 0.372. The Balaban J connectivity index is 1.57. The number of rotatable bonds is 6. The molecule has 3 aromatic heterocycles. The van der Waals surface area contributed by atoms with Gasteiger partial charge in [-0.05, 0) is 24.6 Å². The number of aromatic nitrogens is 2. The number of amides is 1. The molecule has 0 spiro atoms. The van der Waals surface area contributed by atoms with Crippen molar-refractivity contribution in [2.45, 2.75) is 23.9 Å². The second kappa shape index (κ2) is 8.26. The lowest BCUT2D eigenvalue weighted by molar-refractivity contribution is -0.120. The first-order valence-electron chi connectivity index (χ1n) is 9.05. The normalized spacial score (nSPS) is 12.2. The van der Waals surface area contributed by atoms with E-state index in [0.717, 1.165) is 11.1 Å². The van der Waals surface area contributed by atoms with Gasteiger partial charge in [-0.15, -0.1) is 11.3 Å². The number of hydrogen-bond donors (Lipinski definition) is 1. The molecule has 0 fully saturated rings. The smallest absolute Gasteiger partial charge is 0.263 e. The number of hydrogen-bond acceptors (Lipinski definition) is 6. The van der Waals surface area contributed by atoms with Gasteiger partial charge in [-0.2, -0.15) is 0 Å². The zero-order valence-corrected chi connectivity index (χ0v) is 17.5. The minimum atomic E-state index is -0.408. The number of carbonyl (C=O) groups excluding carboxylic acids is 1. The van der Waals surface area contributed by atoms with Crippen molar-refractivity contribution in [3.8, 4) is 11.1 Å². The first-order chi connectivity index (χ1) is 14.0. The number of furan rings is 1. The fraction of sp³-hybridized carbons (Fsp3) is 0.190. The Hall–Kier alpha value is -2.84. The summed E-state index contributed by atoms with van der Waals surface area (Å²) in [5.74, 6) is 0.548. The van der Waals surface area contributed by atoms with Crippen molar-refractivity contribution < 1.29 is 9.21 Å². The molecule has 0 bridgehead atoms. The third-order valence-electron chi connectivity index (χ3n) is 4.53. The largest absolute Gasteiger partial charge is 0.467 e. The maximum atomic E-state index is 13.0. The summed E-state index contributed by atoms with van der Waals surface area (Å²) >= 11 is 2.70. The second-order valence-electron chi connectivity index (χ2n) is 6.51. The van der Waals surface area contributed by atoms with E-state index in [0.29, 0.717) is 27.7 Å². The van der Waals surface area contributed by atoms with Gasteiger partial charge in [0.2, 0.25) is 5.91 Å². The van der Waals surface area contributed by atoms with Gasteiger partial charge in [0.05, 0.1) is 23.4 Å². The van der Waals surface area contributed by atoms with Gasteiger partial charge in [-0.25, -0.2) is 4.98 Å². The highest BCUT2D eigenvalue weighted by molar-refractivity contribution is 8.00. The monoisotopic (exact) mass is 425 g/mol. The molecule has 1 aromatic carbocycles. The van der Waals surface area contributed by atoms with Crippen LogP contribution in [0.15, 0.2) is 68.5 Å². The molecule has 0 aliphatic rings. The first kappa shape index (κ1) is 19.5. The predicted octanol–water partition coefficient (Wildman–Crippen LogP) is 4.05. The van der Waals surface area contributed by atoms with Gasteiger partial charge in [0.1, 0.15) is 10.6 Å². The van der Waals surface area contributed by atoms with Gasteiger partial charge < -0.3 is 9.73 Å². The summed E-state index contributed by atoms with van der Waals surface area (Å²) in [4.78, 5) is 30.8. The van der Waals surface area contributed by atoms with Crippen molar-refractivity contribution in [1.82, 2.24) is 14.9 Å². The summed E-state index contributed by atoms with van der Waals surface area (Å²) in [7, 11) is 1.69.